The van der Waals surface area contributed by atoms with E-state index >= 15 is 0 Å². The molecule has 4 nitrogen and oxygen atoms in total. The van der Waals surface area contributed by atoms with Crippen molar-refractivity contribution in [2.75, 3.05) is 0 Å². The topological polar surface area (TPSA) is 73.5 Å². The Morgan fingerprint density at radius 2 is 2.04 bits per heavy atom. The lowest BCUT2D eigenvalue weighted by Gasteiger charge is -2.18. The van der Waals surface area contributed by atoms with E-state index in [2.05, 4.69) is 6.07 Å². The van der Waals surface area contributed by atoms with Crippen molar-refractivity contribution in [3.8, 4) is 17.6 Å². The van der Waals surface area contributed by atoms with Gasteiger partial charge in [0.05, 0.1) is 12.2 Å². The van der Waals surface area contributed by atoms with Crippen LogP contribution in [0.25, 0.3) is 11.1 Å². The Kier molecular flexibility index (Phi) is 3.69. The Morgan fingerprint density at radius 1 is 1.23 bits per heavy atom. The first-order chi connectivity index (χ1) is 12.5. The van der Waals surface area contributed by atoms with Crippen LogP contribution in [0, 0.1) is 30.0 Å². The second-order valence-electron chi connectivity index (χ2n) is 6.56. The van der Waals surface area contributed by atoms with Gasteiger partial charge in [0, 0.05) is 0 Å². The van der Waals surface area contributed by atoms with Gasteiger partial charge in [-0.3, -0.25) is 0 Å². The van der Waals surface area contributed by atoms with Gasteiger partial charge >= 0.3 is 0 Å². The summed E-state index contributed by atoms with van der Waals surface area (Å²) >= 11 is 0. The number of aromatic hydroxyl groups is 2. The lowest BCUT2D eigenvalue weighted by molar-refractivity contribution is 0.203. The standard InChI is InChI=1S/C21H16FNO3/c1-11-6-13(24)8-17-15(11)9-16(12-2-3-19(25)18(22)7-12)21(17)14-4-5-26-20(14)10-23/h2-8,14,20,24-25H,9H2,1H3. The van der Waals surface area contributed by atoms with Gasteiger partial charge in [0.25, 0.3) is 0 Å². The van der Waals surface area contributed by atoms with E-state index in [-0.39, 0.29) is 11.7 Å². The maximum atomic E-state index is 13.9. The fraction of sp³-hybridized carbons (Fsp3) is 0.190. The van der Waals surface area contributed by atoms with Crippen molar-refractivity contribution in [3.63, 3.8) is 0 Å². The molecule has 2 unspecified atom stereocenters. The molecule has 1 aliphatic heterocycles. The van der Waals surface area contributed by atoms with Crippen molar-refractivity contribution in [1.29, 1.82) is 5.26 Å². The number of nitriles is 1. The van der Waals surface area contributed by atoms with Crippen LogP contribution in [-0.4, -0.2) is 16.3 Å². The molecule has 0 bridgehead atoms. The van der Waals surface area contributed by atoms with Crippen molar-refractivity contribution < 1.29 is 19.3 Å². The van der Waals surface area contributed by atoms with Gasteiger partial charge in [0.15, 0.2) is 17.7 Å². The maximum absolute atomic E-state index is 13.9. The van der Waals surface area contributed by atoms with E-state index in [1.807, 2.05) is 13.0 Å². The summed E-state index contributed by atoms with van der Waals surface area (Å²) in [6.07, 6.45) is 3.21. The van der Waals surface area contributed by atoms with Gasteiger partial charge in [0.2, 0.25) is 0 Å². The van der Waals surface area contributed by atoms with Gasteiger partial charge in [-0.25, -0.2) is 4.39 Å². The zero-order valence-corrected chi connectivity index (χ0v) is 14.0. The Labute approximate surface area is 150 Å². The normalized spacial score (nSPS) is 20.8. The molecule has 0 amide bonds. The van der Waals surface area contributed by atoms with Crippen molar-refractivity contribution in [2.24, 2.45) is 5.92 Å². The lowest BCUT2D eigenvalue weighted by atomic mass is 9.86. The van der Waals surface area contributed by atoms with Crippen LogP contribution >= 0.6 is 0 Å². The van der Waals surface area contributed by atoms with Crippen LogP contribution in [0.15, 0.2) is 42.7 Å². The molecule has 2 N–H and O–H groups in total. The summed E-state index contributed by atoms with van der Waals surface area (Å²) < 4.78 is 19.3. The van der Waals surface area contributed by atoms with Crippen LogP contribution in [0.5, 0.6) is 11.5 Å². The summed E-state index contributed by atoms with van der Waals surface area (Å²) in [4.78, 5) is 0. The van der Waals surface area contributed by atoms with Crippen LogP contribution in [-0.2, 0) is 11.2 Å². The van der Waals surface area contributed by atoms with Crippen molar-refractivity contribution in [2.45, 2.75) is 19.4 Å². The first kappa shape index (κ1) is 16.2. The Hall–Kier alpha value is -3.26. The molecule has 0 saturated heterocycles. The van der Waals surface area contributed by atoms with E-state index < -0.39 is 17.7 Å². The van der Waals surface area contributed by atoms with Gasteiger partial charge in [0.1, 0.15) is 11.8 Å². The average Bonchev–Trinajstić information content (AvgIpc) is 3.21. The molecule has 2 aromatic rings. The quantitative estimate of drug-likeness (QED) is 0.857. The third kappa shape index (κ3) is 2.42. The summed E-state index contributed by atoms with van der Waals surface area (Å²) in [5.41, 5.74) is 5.19. The second kappa shape index (κ2) is 5.92. The molecule has 0 radical (unpaired) electrons. The number of rotatable bonds is 2. The summed E-state index contributed by atoms with van der Waals surface area (Å²) in [5, 5.41) is 29.0. The number of hydrogen-bond donors (Lipinski definition) is 2. The minimum Gasteiger partial charge on any atom is -0.508 e. The van der Waals surface area contributed by atoms with Crippen LogP contribution in [0.3, 0.4) is 0 Å². The molecule has 0 spiro atoms. The van der Waals surface area contributed by atoms with Crippen molar-refractivity contribution in [3.05, 3.63) is 70.7 Å². The number of fused-ring (bicyclic) bond motifs is 1. The van der Waals surface area contributed by atoms with Crippen LogP contribution in [0.1, 0.15) is 22.3 Å². The summed E-state index contributed by atoms with van der Waals surface area (Å²) in [5.74, 6) is -1.26. The van der Waals surface area contributed by atoms with E-state index in [0.717, 1.165) is 27.8 Å². The highest BCUT2D eigenvalue weighted by atomic mass is 19.1. The number of ether oxygens (including phenoxy) is 1. The van der Waals surface area contributed by atoms with Crippen LogP contribution in [0.2, 0.25) is 0 Å². The smallest absolute Gasteiger partial charge is 0.193 e. The van der Waals surface area contributed by atoms with E-state index in [9.17, 15) is 19.9 Å². The maximum Gasteiger partial charge on any atom is 0.193 e. The average molecular weight is 349 g/mol. The highest BCUT2D eigenvalue weighted by molar-refractivity contribution is 5.99. The lowest BCUT2D eigenvalue weighted by Crippen LogP contribution is -2.16. The van der Waals surface area contributed by atoms with E-state index in [1.54, 1.807) is 18.2 Å². The molecule has 4 rings (SSSR count). The number of phenolic OH excluding ortho intramolecular Hbond substituents is 2. The number of hydrogen-bond acceptors (Lipinski definition) is 4. The van der Waals surface area contributed by atoms with Gasteiger partial charge in [-0.15, -0.1) is 0 Å². The molecule has 130 valence electrons. The number of phenols is 2. The first-order valence-electron chi connectivity index (χ1n) is 8.26. The third-order valence-electron chi connectivity index (χ3n) is 5.02. The minimum absolute atomic E-state index is 0.147. The van der Waals surface area contributed by atoms with Gasteiger partial charge in [-0.05, 0) is 77.1 Å². The zero-order valence-electron chi connectivity index (χ0n) is 14.0. The van der Waals surface area contributed by atoms with E-state index in [1.165, 1.54) is 18.4 Å². The SMILES string of the molecule is Cc1cc(O)cc2c1CC(c1ccc(O)c(F)c1)=C2C1C=COC1C#N. The molecule has 1 aliphatic carbocycles. The summed E-state index contributed by atoms with van der Waals surface area (Å²) in [7, 11) is 0. The summed E-state index contributed by atoms with van der Waals surface area (Å²) in [6, 6.07) is 9.81. The second-order valence-corrected chi connectivity index (χ2v) is 6.56. The zero-order chi connectivity index (χ0) is 18.4. The Bertz CT molecular complexity index is 1020. The highest BCUT2D eigenvalue weighted by Gasteiger charge is 2.36. The molecule has 26 heavy (non-hydrogen) atoms. The molecule has 2 aromatic carbocycles. The minimum atomic E-state index is -0.695. The van der Waals surface area contributed by atoms with Crippen molar-refractivity contribution in [1.82, 2.24) is 0 Å². The first-order valence-corrected chi connectivity index (χ1v) is 8.26. The summed E-state index contributed by atoms with van der Waals surface area (Å²) in [6.45, 7) is 1.92. The van der Waals surface area contributed by atoms with Gasteiger partial charge < -0.3 is 14.9 Å². The predicted molar refractivity (Wildman–Crippen MR) is 94.5 cm³/mol. The largest absolute Gasteiger partial charge is 0.508 e. The van der Waals surface area contributed by atoms with E-state index in [4.69, 9.17) is 4.74 Å². The van der Waals surface area contributed by atoms with Gasteiger partial charge in [-0.1, -0.05) is 6.07 Å². The fourth-order valence-corrected chi connectivity index (χ4v) is 3.80. The Morgan fingerprint density at radius 3 is 2.77 bits per heavy atom. The molecular weight excluding hydrogens is 333 g/mol. The molecular formula is C21H16FNO3. The Balaban J connectivity index is 1.95. The molecule has 0 saturated carbocycles. The van der Waals surface area contributed by atoms with Gasteiger partial charge in [-0.2, -0.15) is 5.26 Å². The number of allylic oxidation sites excluding steroid dienone is 1. The number of aryl methyl sites for hydroxylation is 1. The fourth-order valence-electron chi connectivity index (χ4n) is 3.80. The molecule has 0 aromatic heterocycles. The number of halogens is 1. The third-order valence-corrected chi connectivity index (χ3v) is 5.02. The molecule has 2 aliphatic rings. The van der Waals surface area contributed by atoms with Crippen LogP contribution in [0.4, 0.5) is 4.39 Å². The van der Waals surface area contributed by atoms with Crippen molar-refractivity contribution >= 4 is 11.1 Å². The van der Waals surface area contributed by atoms with E-state index in [0.29, 0.717) is 12.0 Å². The highest BCUT2D eigenvalue weighted by Crippen LogP contribution is 2.47. The number of benzene rings is 2. The predicted octanol–water partition coefficient (Wildman–Crippen LogP) is 4.06. The molecule has 0 fully saturated rings. The molecule has 1 heterocycles. The molecule has 2 atom stereocenters. The molecule has 5 heteroatoms. The number of nitrogens with zero attached hydrogens (tertiary/aromatic N) is 1. The monoisotopic (exact) mass is 349 g/mol. The van der Waals surface area contributed by atoms with Crippen LogP contribution < -0.4 is 0 Å².